The Balaban J connectivity index is 1.69. The molecule has 98 valence electrons. The molecule has 0 spiro atoms. The van der Waals surface area contributed by atoms with Crippen molar-refractivity contribution in [3.8, 4) is 5.75 Å². The van der Waals surface area contributed by atoms with Crippen molar-refractivity contribution in [2.24, 2.45) is 0 Å². The van der Waals surface area contributed by atoms with Crippen LogP contribution in [0.25, 0.3) is 0 Å². The van der Waals surface area contributed by atoms with Gasteiger partial charge in [0.1, 0.15) is 18.6 Å². The highest BCUT2D eigenvalue weighted by atomic mass is 16.5. The molecule has 1 N–H and O–H groups in total. The Bertz CT molecular complexity index is 569. The molecule has 0 saturated carbocycles. The molecular formula is C12H13N5O2. The van der Waals surface area contributed by atoms with Gasteiger partial charge in [0.2, 0.25) is 5.91 Å². The van der Waals surface area contributed by atoms with Crippen LogP contribution in [0, 0.1) is 0 Å². The zero-order valence-electron chi connectivity index (χ0n) is 10.2. The number of rotatable bonds is 3. The van der Waals surface area contributed by atoms with E-state index in [1.807, 2.05) is 24.3 Å². The first kappa shape index (κ1) is 11.6. The van der Waals surface area contributed by atoms with Gasteiger partial charge in [-0.15, -0.1) is 5.10 Å². The van der Waals surface area contributed by atoms with E-state index in [1.54, 1.807) is 0 Å². The molecule has 0 bridgehead atoms. The molecule has 1 aromatic heterocycles. The molecule has 19 heavy (non-hydrogen) atoms. The fraction of sp³-hybridized carbons (Fsp3) is 0.333. The van der Waals surface area contributed by atoms with E-state index < -0.39 is 0 Å². The van der Waals surface area contributed by atoms with Crippen molar-refractivity contribution in [3.63, 3.8) is 0 Å². The van der Waals surface area contributed by atoms with Gasteiger partial charge in [0.15, 0.2) is 0 Å². The molecular weight excluding hydrogens is 246 g/mol. The maximum atomic E-state index is 11.9. The molecule has 1 aromatic carbocycles. The quantitative estimate of drug-likeness (QED) is 0.858. The fourth-order valence-electron chi connectivity index (χ4n) is 2.13. The van der Waals surface area contributed by atoms with Gasteiger partial charge in [-0.05, 0) is 16.5 Å². The molecule has 0 saturated heterocycles. The summed E-state index contributed by atoms with van der Waals surface area (Å²) in [5, 5.41) is 13.6. The number of benzene rings is 1. The largest absolute Gasteiger partial charge is 0.493 e. The van der Waals surface area contributed by atoms with Gasteiger partial charge < -0.3 is 10.1 Å². The van der Waals surface area contributed by atoms with Crippen molar-refractivity contribution >= 4 is 5.91 Å². The summed E-state index contributed by atoms with van der Waals surface area (Å²) in [6.07, 6.45) is 2.18. The zero-order chi connectivity index (χ0) is 13.1. The number of carbonyl (C=O) groups excluding carboxylic acids is 1. The molecule has 7 nitrogen and oxygen atoms in total. The predicted octanol–water partition coefficient (Wildman–Crippen LogP) is 0.313. The lowest BCUT2D eigenvalue weighted by Gasteiger charge is -2.26. The minimum Gasteiger partial charge on any atom is -0.493 e. The lowest BCUT2D eigenvalue weighted by molar-refractivity contribution is -0.122. The summed E-state index contributed by atoms with van der Waals surface area (Å²) in [5.41, 5.74) is 1.01. The first-order valence-electron chi connectivity index (χ1n) is 6.05. The van der Waals surface area contributed by atoms with Crippen LogP contribution in [-0.4, -0.2) is 32.7 Å². The van der Waals surface area contributed by atoms with E-state index in [2.05, 4.69) is 20.8 Å². The van der Waals surface area contributed by atoms with Gasteiger partial charge >= 0.3 is 0 Å². The Morgan fingerprint density at radius 1 is 1.47 bits per heavy atom. The fourth-order valence-corrected chi connectivity index (χ4v) is 2.13. The van der Waals surface area contributed by atoms with Crippen LogP contribution >= 0.6 is 0 Å². The van der Waals surface area contributed by atoms with E-state index in [0.717, 1.165) is 17.7 Å². The molecule has 1 amide bonds. The number of hydrogen-bond donors (Lipinski definition) is 1. The van der Waals surface area contributed by atoms with Gasteiger partial charge in [0, 0.05) is 12.0 Å². The van der Waals surface area contributed by atoms with E-state index in [4.69, 9.17) is 4.74 Å². The summed E-state index contributed by atoms with van der Waals surface area (Å²) in [6, 6.07) is 7.72. The molecule has 1 atom stereocenters. The zero-order valence-corrected chi connectivity index (χ0v) is 10.2. The van der Waals surface area contributed by atoms with Crippen LogP contribution in [0.15, 0.2) is 30.6 Å². The summed E-state index contributed by atoms with van der Waals surface area (Å²) in [6.45, 7) is 0.722. The second kappa shape index (κ2) is 5.05. The number of aromatic nitrogens is 4. The van der Waals surface area contributed by atoms with Crippen LogP contribution in [0.1, 0.15) is 18.0 Å². The highest BCUT2D eigenvalue weighted by Gasteiger charge is 2.22. The van der Waals surface area contributed by atoms with E-state index >= 15 is 0 Å². The molecule has 2 heterocycles. The molecule has 0 unspecified atom stereocenters. The molecule has 7 heteroatoms. The molecule has 0 radical (unpaired) electrons. The van der Waals surface area contributed by atoms with Gasteiger partial charge in [0.25, 0.3) is 0 Å². The average molecular weight is 259 g/mol. The molecule has 2 aromatic rings. The summed E-state index contributed by atoms with van der Waals surface area (Å²) in [7, 11) is 0. The first-order valence-corrected chi connectivity index (χ1v) is 6.05. The number of hydrogen-bond acceptors (Lipinski definition) is 5. The minimum absolute atomic E-state index is 0.0195. The SMILES string of the molecule is O=C(Cn1cnnn1)N[C@H]1CCOc2ccccc21. The highest BCUT2D eigenvalue weighted by Crippen LogP contribution is 2.31. The molecule has 0 aliphatic carbocycles. The summed E-state index contributed by atoms with van der Waals surface area (Å²) in [5.74, 6) is 0.718. The van der Waals surface area contributed by atoms with Gasteiger partial charge in [-0.3, -0.25) is 4.79 Å². The third-order valence-electron chi connectivity index (χ3n) is 2.99. The van der Waals surface area contributed by atoms with Gasteiger partial charge in [-0.1, -0.05) is 18.2 Å². The van der Waals surface area contributed by atoms with Gasteiger partial charge in [-0.25, -0.2) is 4.68 Å². The topological polar surface area (TPSA) is 81.9 Å². The Morgan fingerprint density at radius 3 is 3.21 bits per heavy atom. The van der Waals surface area contributed by atoms with E-state index in [0.29, 0.717) is 6.61 Å². The maximum Gasteiger partial charge on any atom is 0.242 e. The smallest absolute Gasteiger partial charge is 0.242 e. The van der Waals surface area contributed by atoms with Crippen LogP contribution in [-0.2, 0) is 11.3 Å². The Labute approximate surface area is 109 Å². The minimum atomic E-state index is -0.117. The average Bonchev–Trinajstić information content (AvgIpc) is 2.92. The van der Waals surface area contributed by atoms with Gasteiger partial charge in [0.05, 0.1) is 12.6 Å². The lowest BCUT2D eigenvalue weighted by Crippen LogP contribution is -2.34. The van der Waals surface area contributed by atoms with Crippen LogP contribution in [0.2, 0.25) is 0 Å². The van der Waals surface area contributed by atoms with Crippen molar-refractivity contribution in [3.05, 3.63) is 36.2 Å². The van der Waals surface area contributed by atoms with Crippen molar-refractivity contribution in [2.75, 3.05) is 6.61 Å². The number of para-hydroxylation sites is 1. The van der Waals surface area contributed by atoms with Crippen molar-refractivity contribution in [2.45, 2.75) is 19.0 Å². The summed E-state index contributed by atoms with van der Waals surface area (Å²) >= 11 is 0. The summed E-state index contributed by atoms with van der Waals surface area (Å²) < 4.78 is 6.94. The van der Waals surface area contributed by atoms with Crippen molar-refractivity contribution in [1.29, 1.82) is 0 Å². The standard InChI is InChI=1S/C12H13N5O2/c18-12(7-17-8-13-15-16-17)14-10-5-6-19-11-4-2-1-3-9(10)11/h1-4,8,10H,5-7H2,(H,14,18)/t10-/m0/s1. The number of nitrogens with zero attached hydrogens (tertiary/aromatic N) is 4. The van der Waals surface area contributed by atoms with Crippen LogP contribution in [0.5, 0.6) is 5.75 Å². The lowest BCUT2D eigenvalue weighted by atomic mass is 10.0. The normalized spacial score (nSPS) is 17.4. The Kier molecular flexibility index (Phi) is 3.09. The summed E-state index contributed by atoms with van der Waals surface area (Å²) in [4.78, 5) is 11.9. The Morgan fingerprint density at radius 2 is 2.37 bits per heavy atom. The van der Waals surface area contributed by atoms with E-state index in [1.165, 1.54) is 11.0 Å². The molecule has 1 aliphatic heterocycles. The second-order valence-corrected chi connectivity index (χ2v) is 4.30. The van der Waals surface area contributed by atoms with Crippen molar-refractivity contribution in [1.82, 2.24) is 25.5 Å². The highest BCUT2D eigenvalue weighted by molar-refractivity contribution is 5.76. The maximum absolute atomic E-state index is 11.9. The number of nitrogens with one attached hydrogen (secondary N) is 1. The van der Waals surface area contributed by atoms with Crippen LogP contribution in [0.4, 0.5) is 0 Å². The molecule has 3 rings (SSSR count). The predicted molar refractivity (Wildman–Crippen MR) is 65.3 cm³/mol. The Hall–Kier alpha value is -2.44. The molecule has 1 aliphatic rings. The third-order valence-corrected chi connectivity index (χ3v) is 2.99. The monoisotopic (exact) mass is 259 g/mol. The number of carbonyl (C=O) groups is 1. The van der Waals surface area contributed by atoms with Gasteiger partial charge in [-0.2, -0.15) is 0 Å². The number of amides is 1. The van der Waals surface area contributed by atoms with E-state index in [-0.39, 0.29) is 18.5 Å². The van der Waals surface area contributed by atoms with Crippen molar-refractivity contribution < 1.29 is 9.53 Å². The van der Waals surface area contributed by atoms with Crippen LogP contribution in [0.3, 0.4) is 0 Å². The third kappa shape index (κ3) is 2.54. The first-order chi connectivity index (χ1) is 9.33. The second-order valence-electron chi connectivity index (χ2n) is 4.30. The number of tetrazole rings is 1. The molecule has 0 fully saturated rings. The number of ether oxygens (including phenoxy) is 1. The number of fused-ring (bicyclic) bond motifs is 1. The van der Waals surface area contributed by atoms with Crippen LogP contribution < -0.4 is 10.1 Å². The van der Waals surface area contributed by atoms with E-state index in [9.17, 15) is 4.79 Å².